The van der Waals surface area contributed by atoms with Crippen molar-refractivity contribution in [3.63, 3.8) is 0 Å². The third-order valence-electron chi connectivity index (χ3n) is 3.06. The molecular weight excluding hydrogens is 316 g/mol. The van der Waals surface area contributed by atoms with Gasteiger partial charge in [-0.1, -0.05) is 0 Å². The molecule has 1 heterocycles. The number of rotatable bonds is 10. The number of phenolic OH excluding ortho intramolecular Hbond substituents is 2. The molecular formula is C16H22N2O6. The Hall–Kier alpha value is -2.32. The Morgan fingerprint density at radius 3 is 1.54 bits per heavy atom. The molecule has 24 heavy (non-hydrogen) atoms. The predicted octanol–water partition coefficient (Wildman–Crippen LogP) is 1.87. The Morgan fingerprint density at radius 2 is 1.17 bits per heavy atom. The van der Waals surface area contributed by atoms with E-state index in [9.17, 15) is 10.2 Å². The number of ether oxygens (including phenoxy) is 4. The zero-order valence-electron chi connectivity index (χ0n) is 13.8. The van der Waals surface area contributed by atoms with Gasteiger partial charge in [-0.15, -0.1) is 0 Å². The Labute approximate surface area is 140 Å². The third-order valence-corrected chi connectivity index (χ3v) is 3.06. The number of fused-ring (bicyclic) bond motifs is 1. The summed E-state index contributed by atoms with van der Waals surface area (Å²) in [4.78, 5) is 8.43. The van der Waals surface area contributed by atoms with Crippen LogP contribution in [0.1, 0.15) is 13.8 Å². The van der Waals surface area contributed by atoms with E-state index in [0.29, 0.717) is 26.4 Å². The van der Waals surface area contributed by atoms with E-state index < -0.39 is 0 Å². The van der Waals surface area contributed by atoms with Crippen LogP contribution in [0.4, 0.5) is 0 Å². The molecule has 0 aliphatic rings. The third kappa shape index (κ3) is 4.59. The summed E-state index contributed by atoms with van der Waals surface area (Å²) in [5.41, 5.74) is 0.275. The number of hydrogen-bond donors (Lipinski definition) is 2. The normalized spacial score (nSPS) is 10.9. The van der Waals surface area contributed by atoms with E-state index in [2.05, 4.69) is 9.97 Å². The molecule has 132 valence electrons. The summed E-state index contributed by atoms with van der Waals surface area (Å²) < 4.78 is 21.5. The Kier molecular flexibility index (Phi) is 6.83. The van der Waals surface area contributed by atoms with E-state index in [1.54, 1.807) is 0 Å². The second-order valence-electron chi connectivity index (χ2n) is 4.73. The zero-order chi connectivity index (χ0) is 17.4. The molecule has 8 heteroatoms. The van der Waals surface area contributed by atoms with Crippen LogP contribution in [0, 0.1) is 0 Å². The summed E-state index contributed by atoms with van der Waals surface area (Å²) in [6.45, 7) is 6.24. The van der Waals surface area contributed by atoms with Crippen LogP contribution in [0.15, 0.2) is 12.1 Å². The molecule has 0 radical (unpaired) electrons. The minimum Gasteiger partial charge on any atom is -0.506 e. The van der Waals surface area contributed by atoms with Crippen molar-refractivity contribution in [3.8, 4) is 23.3 Å². The Balaban J connectivity index is 2.25. The topological polar surface area (TPSA) is 103 Å². The van der Waals surface area contributed by atoms with Gasteiger partial charge in [0.1, 0.15) is 35.7 Å². The quantitative estimate of drug-likeness (QED) is 0.500. The van der Waals surface area contributed by atoms with Crippen molar-refractivity contribution < 1.29 is 29.2 Å². The number of benzene rings is 1. The van der Waals surface area contributed by atoms with E-state index in [0.717, 1.165) is 0 Å². The van der Waals surface area contributed by atoms with Gasteiger partial charge in [0.15, 0.2) is 0 Å². The van der Waals surface area contributed by atoms with E-state index in [4.69, 9.17) is 18.9 Å². The fraction of sp³-hybridized carbons (Fsp3) is 0.500. The maximum Gasteiger partial charge on any atom is 0.278 e. The first-order valence-electron chi connectivity index (χ1n) is 7.81. The lowest BCUT2D eigenvalue weighted by atomic mass is 10.2. The van der Waals surface area contributed by atoms with Gasteiger partial charge in [0.25, 0.3) is 11.8 Å². The first-order valence-corrected chi connectivity index (χ1v) is 7.81. The van der Waals surface area contributed by atoms with E-state index in [1.807, 2.05) is 13.8 Å². The molecule has 2 rings (SSSR count). The number of aromatic nitrogens is 2. The molecule has 0 aliphatic carbocycles. The molecule has 1 aromatic carbocycles. The minimum absolute atomic E-state index is 0.106. The smallest absolute Gasteiger partial charge is 0.278 e. The summed E-state index contributed by atoms with van der Waals surface area (Å²) >= 11 is 0. The van der Waals surface area contributed by atoms with Crippen LogP contribution in [0.3, 0.4) is 0 Å². The number of phenols is 2. The van der Waals surface area contributed by atoms with Crippen molar-refractivity contribution >= 4 is 11.0 Å². The van der Waals surface area contributed by atoms with Crippen molar-refractivity contribution in [2.45, 2.75) is 13.8 Å². The molecule has 0 unspecified atom stereocenters. The van der Waals surface area contributed by atoms with Crippen LogP contribution in [0.2, 0.25) is 0 Å². The number of aromatic hydroxyl groups is 2. The van der Waals surface area contributed by atoms with Gasteiger partial charge in [-0.3, -0.25) is 0 Å². The molecule has 1 aromatic heterocycles. The van der Waals surface area contributed by atoms with Crippen LogP contribution in [0.25, 0.3) is 11.0 Å². The molecule has 8 nitrogen and oxygen atoms in total. The Bertz CT molecular complexity index is 608. The monoisotopic (exact) mass is 338 g/mol. The molecule has 0 spiro atoms. The standard InChI is InChI=1S/C16H22N2O6/c1-3-21-7-9-23-15-16(24-10-8-22-4-2)18-14-12(20)6-5-11(19)13(14)17-15/h5-6,19-20H,3-4,7-10H2,1-2H3. The van der Waals surface area contributed by atoms with Gasteiger partial charge in [-0.2, -0.15) is 0 Å². The second-order valence-corrected chi connectivity index (χ2v) is 4.73. The Morgan fingerprint density at radius 1 is 0.750 bits per heavy atom. The van der Waals surface area contributed by atoms with Crippen molar-refractivity contribution in [3.05, 3.63) is 12.1 Å². The summed E-state index contributed by atoms with van der Waals surface area (Å²) in [6.07, 6.45) is 0. The van der Waals surface area contributed by atoms with Crippen molar-refractivity contribution in [2.24, 2.45) is 0 Å². The molecule has 2 N–H and O–H groups in total. The molecule has 0 atom stereocenters. The SMILES string of the molecule is CCOCCOc1nc2c(O)ccc(O)c2nc1OCCOCC. The first kappa shape index (κ1) is 18.0. The summed E-state index contributed by atoms with van der Waals surface area (Å²) in [7, 11) is 0. The van der Waals surface area contributed by atoms with Crippen LogP contribution < -0.4 is 9.47 Å². The predicted molar refractivity (Wildman–Crippen MR) is 86.8 cm³/mol. The summed E-state index contributed by atoms with van der Waals surface area (Å²) in [5.74, 6) is 0.0378. The molecule has 0 amide bonds. The molecule has 2 aromatic rings. The summed E-state index contributed by atoms with van der Waals surface area (Å²) in [5, 5.41) is 19.8. The van der Waals surface area contributed by atoms with E-state index >= 15 is 0 Å². The van der Waals surface area contributed by atoms with Crippen LogP contribution in [0.5, 0.6) is 23.3 Å². The van der Waals surface area contributed by atoms with Gasteiger partial charge >= 0.3 is 0 Å². The lowest BCUT2D eigenvalue weighted by Crippen LogP contribution is -2.12. The lowest BCUT2D eigenvalue weighted by Gasteiger charge is -2.13. The molecule has 0 saturated heterocycles. The van der Waals surface area contributed by atoms with Crippen molar-refractivity contribution in [1.82, 2.24) is 9.97 Å². The largest absolute Gasteiger partial charge is 0.506 e. The number of nitrogens with zero attached hydrogens (tertiary/aromatic N) is 2. The van der Waals surface area contributed by atoms with Gasteiger partial charge in [-0.05, 0) is 26.0 Å². The fourth-order valence-electron chi connectivity index (χ4n) is 1.95. The van der Waals surface area contributed by atoms with Gasteiger partial charge in [0.2, 0.25) is 0 Å². The van der Waals surface area contributed by atoms with Gasteiger partial charge in [0.05, 0.1) is 13.2 Å². The highest BCUT2D eigenvalue weighted by molar-refractivity contribution is 5.86. The molecule has 0 fully saturated rings. The van der Waals surface area contributed by atoms with Crippen LogP contribution >= 0.6 is 0 Å². The van der Waals surface area contributed by atoms with E-state index in [-0.39, 0.29) is 47.5 Å². The van der Waals surface area contributed by atoms with Crippen molar-refractivity contribution in [2.75, 3.05) is 39.6 Å². The summed E-state index contributed by atoms with van der Waals surface area (Å²) in [6, 6.07) is 2.68. The second kappa shape index (κ2) is 9.09. The van der Waals surface area contributed by atoms with Crippen LogP contribution in [-0.4, -0.2) is 59.8 Å². The van der Waals surface area contributed by atoms with Gasteiger partial charge in [0, 0.05) is 13.2 Å². The van der Waals surface area contributed by atoms with Crippen molar-refractivity contribution in [1.29, 1.82) is 0 Å². The highest BCUT2D eigenvalue weighted by Gasteiger charge is 2.16. The maximum atomic E-state index is 9.91. The van der Waals surface area contributed by atoms with Gasteiger partial charge in [-0.25, -0.2) is 9.97 Å². The number of hydrogen-bond acceptors (Lipinski definition) is 8. The minimum atomic E-state index is -0.106. The zero-order valence-corrected chi connectivity index (χ0v) is 13.8. The van der Waals surface area contributed by atoms with E-state index in [1.165, 1.54) is 12.1 Å². The molecule has 0 aliphatic heterocycles. The average Bonchev–Trinajstić information content (AvgIpc) is 2.59. The molecule has 0 saturated carbocycles. The lowest BCUT2D eigenvalue weighted by molar-refractivity contribution is 0.0967. The van der Waals surface area contributed by atoms with Gasteiger partial charge < -0.3 is 29.2 Å². The fourth-order valence-corrected chi connectivity index (χ4v) is 1.95. The highest BCUT2D eigenvalue weighted by atomic mass is 16.6. The highest BCUT2D eigenvalue weighted by Crippen LogP contribution is 2.34. The first-order chi connectivity index (χ1) is 11.7. The maximum absolute atomic E-state index is 9.91. The van der Waals surface area contributed by atoms with Crippen LogP contribution in [-0.2, 0) is 9.47 Å². The molecule has 0 bridgehead atoms. The average molecular weight is 338 g/mol.